The molecule has 0 spiro atoms. The topological polar surface area (TPSA) is 133 Å². The molecule has 11 heteroatoms. The first-order valence-corrected chi connectivity index (χ1v) is 12.4. The summed E-state index contributed by atoms with van der Waals surface area (Å²) in [5.41, 5.74) is 7.68. The summed E-state index contributed by atoms with van der Waals surface area (Å²) in [7, 11) is 1.83. The number of hydrogen-bond acceptors (Lipinski definition) is 8. The molecule has 186 valence electrons. The highest BCUT2D eigenvalue weighted by atomic mass is 16.2. The number of anilines is 3. The lowest BCUT2D eigenvalue weighted by molar-refractivity contribution is 0.0995. The Morgan fingerprint density at radius 1 is 1.09 bits per heavy atom. The van der Waals surface area contributed by atoms with Crippen LogP contribution < -0.4 is 21.3 Å². The van der Waals surface area contributed by atoms with Crippen molar-refractivity contribution in [1.29, 1.82) is 0 Å². The molecule has 0 radical (unpaired) electrons. The van der Waals surface area contributed by atoms with Crippen LogP contribution in [0.25, 0.3) is 0 Å². The van der Waals surface area contributed by atoms with Crippen LogP contribution in [0.5, 0.6) is 0 Å². The Balaban J connectivity index is 1.33. The van der Waals surface area contributed by atoms with Crippen molar-refractivity contribution in [3.05, 3.63) is 35.5 Å². The maximum atomic E-state index is 12.5. The van der Waals surface area contributed by atoms with Gasteiger partial charge in [-0.3, -0.25) is 4.79 Å². The number of carbonyl (C=O) groups is 2. The van der Waals surface area contributed by atoms with E-state index < -0.39 is 5.91 Å². The molecular formula is C24H33N9O2. The minimum Gasteiger partial charge on any atom is -0.364 e. The van der Waals surface area contributed by atoms with E-state index >= 15 is 0 Å². The molecule has 3 fully saturated rings. The van der Waals surface area contributed by atoms with Crippen LogP contribution in [-0.2, 0) is 0 Å². The van der Waals surface area contributed by atoms with Crippen LogP contribution in [0.2, 0.25) is 0 Å². The lowest BCUT2D eigenvalue weighted by atomic mass is 9.90. The molecule has 4 heterocycles. The second-order valence-electron chi connectivity index (χ2n) is 9.58. The summed E-state index contributed by atoms with van der Waals surface area (Å²) in [5.74, 6) is 0.588. The number of nitrogens with zero attached hydrogens (tertiary/aromatic N) is 6. The van der Waals surface area contributed by atoms with E-state index in [9.17, 15) is 9.59 Å². The van der Waals surface area contributed by atoms with Gasteiger partial charge < -0.3 is 31.1 Å². The summed E-state index contributed by atoms with van der Waals surface area (Å²) in [6.45, 7) is 4.95. The molecule has 1 unspecified atom stereocenters. The molecule has 2 aromatic rings. The van der Waals surface area contributed by atoms with Gasteiger partial charge in [0.15, 0.2) is 11.5 Å². The Labute approximate surface area is 205 Å². The quantitative estimate of drug-likeness (QED) is 0.568. The van der Waals surface area contributed by atoms with Gasteiger partial charge in [0.2, 0.25) is 5.95 Å². The fourth-order valence-corrected chi connectivity index (χ4v) is 5.23. The predicted molar refractivity (Wildman–Crippen MR) is 133 cm³/mol. The second-order valence-corrected chi connectivity index (χ2v) is 9.58. The van der Waals surface area contributed by atoms with Gasteiger partial charge in [-0.25, -0.2) is 4.79 Å². The van der Waals surface area contributed by atoms with Gasteiger partial charge in [-0.05, 0) is 62.4 Å². The van der Waals surface area contributed by atoms with E-state index in [1.54, 1.807) is 4.90 Å². The summed E-state index contributed by atoms with van der Waals surface area (Å²) in [5, 5.41) is 14.9. The van der Waals surface area contributed by atoms with Crippen LogP contribution >= 0.6 is 0 Å². The van der Waals surface area contributed by atoms with E-state index in [2.05, 4.69) is 37.9 Å². The number of hydrogen-bond donors (Lipinski definition) is 3. The lowest BCUT2D eigenvalue weighted by Crippen LogP contribution is -2.49. The van der Waals surface area contributed by atoms with Crippen LogP contribution in [-0.4, -0.2) is 89.3 Å². The molecule has 1 aromatic heterocycles. The van der Waals surface area contributed by atoms with Crippen LogP contribution in [0.1, 0.15) is 47.7 Å². The minimum absolute atomic E-state index is 0.00101. The fourth-order valence-electron chi connectivity index (χ4n) is 5.23. The van der Waals surface area contributed by atoms with Crippen molar-refractivity contribution in [2.45, 2.75) is 37.6 Å². The van der Waals surface area contributed by atoms with Crippen LogP contribution in [0, 0.1) is 0 Å². The molecule has 3 aliphatic heterocycles. The molecule has 3 saturated heterocycles. The minimum atomic E-state index is -0.687. The number of carbonyl (C=O) groups excluding carboxylic acids is 2. The van der Waals surface area contributed by atoms with Crippen molar-refractivity contribution in [2.75, 3.05) is 56.5 Å². The summed E-state index contributed by atoms with van der Waals surface area (Å²) < 4.78 is 0. The Bertz CT molecular complexity index is 1070. The van der Waals surface area contributed by atoms with Gasteiger partial charge in [-0.1, -0.05) is 12.1 Å². The summed E-state index contributed by atoms with van der Waals surface area (Å²) in [6, 6.07) is 8.40. The van der Waals surface area contributed by atoms with E-state index in [1.807, 2.05) is 29.0 Å². The molecule has 0 bridgehead atoms. The summed E-state index contributed by atoms with van der Waals surface area (Å²) in [6.07, 6.45) is 4.12. The van der Waals surface area contributed by atoms with Gasteiger partial charge >= 0.3 is 6.03 Å². The van der Waals surface area contributed by atoms with E-state index in [0.29, 0.717) is 18.4 Å². The molecule has 11 nitrogen and oxygen atoms in total. The van der Waals surface area contributed by atoms with Crippen molar-refractivity contribution in [3.63, 3.8) is 0 Å². The Kier molecular flexibility index (Phi) is 6.67. The predicted octanol–water partition coefficient (Wildman–Crippen LogP) is 1.52. The van der Waals surface area contributed by atoms with Crippen LogP contribution in [0.15, 0.2) is 24.3 Å². The molecule has 1 aromatic carbocycles. The number of rotatable bonds is 6. The first-order valence-electron chi connectivity index (χ1n) is 12.4. The average Bonchev–Trinajstić information content (AvgIpc) is 3.23. The number of amides is 3. The molecule has 5 rings (SSSR count). The third kappa shape index (κ3) is 5.00. The molecule has 3 amide bonds. The zero-order chi connectivity index (χ0) is 24.4. The number of benzene rings is 1. The third-order valence-corrected chi connectivity index (χ3v) is 7.26. The molecule has 1 atom stereocenters. The van der Waals surface area contributed by atoms with E-state index in [1.165, 1.54) is 5.56 Å². The molecule has 4 N–H and O–H groups in total. The van der Waals surface area contributed by atoms with Gasteiger partial charge in [0.25, 0.3) is 5.91 Å². The number of nitrogens with one attached hydrogen (secondary N) is 2. The van der Waals surface area contributed by atoms with Gasteiger partial charge in [0.05, 0.1) is 6.04 Å². The zero-order valence-corrected chi connectivity index (χ0v) is 20.1. The van der Waals surface area contributed by atoms with Crippen molar-refractivity contribution in [1.82, 2.24) is 30.3 Å². The standard InChI is InChI=1S/C24H33N9O2/c1-31-13-14-33(24(31)35)19-3-2-12-32(15-19)23-28-22(20(21(25)34)29-30-23)27-18-6-4-16(5-7-18)17-8-10-26-11-9-17/h4-7,17,19,26H,2-3,8-15H2,1H3,(H2,25,34)(H,27,28,30). The molecule has 0 saturated carbocycles. The molecule has 3 aliphatic rings. The fraction of sp³-hybridized carbons (Fsp3) is 0.542. The van der Waals surface area contributed by atoms with Gasteiger partial charge in [-0.2, -0.15) is 4.98 Å². The van der Waals surface area contributed by atoms with Crippen molar-refractivity contribution >= 4 is 29.4 Å². The van der Waals surface area contributed by atoms with E-state index in [-0.39, 0.29) is 23.6 Å². The number of nitrogens with two attached hydrogens (primary N) is 1. The highest BCUT2D eigenvalue weighted by Gasteiger charge is 2.35. The number of urea groups is 1. The smallest absolute Gasteiger partial charge is 0.320 e. The maximum Gasteiger partial charge on any atom is 0.320 e. The summed E-state index contributed by atoms with van der Waals surface area (Å²) in [4.78, 5) is 34.8. The lowest BCUT2D eigenvalue weighted by Gasteiger charge is -2.37. The molecular weight excluding hydrogens is 446 g/mol. The van der Waals surface area contributed by atoms with Crippen molar-refractivity contribution in [3.8, 4) is 0 Å². The number of aromatic nitrogens is 3. The Morgan fingerprint density at radius 2 is 1.86 bits per heavy atom. The monoisotopic (exact) mass is 479 g/mol. The van der Waals surface area contributed by atoms with E-state index in [4.69, 9.17) is 5.73 Å². The highest BCUT2D eigenvalue weighted by molar-refractivity contribution is 5.96. The van der Waals surface area contributed by atoms with Gasteiger partial charge in [0.1, 0.15) is 0 Å². The Morgan fingerprint density at radius 3 is 2.54 bits per heavy atom. The van der Waals surface area contributed by atoms with Crippen molar-refractivity contribution in [2.24, 2.45) is 5.73 Å². The summed E-state index contributed by atoms with van der Waals surface area (Å²) >= 11 is 0. The first kappa shape index (κ1) is 23.3. The molecule has 35 heavy (non-hydrogen) atoms. The van der Waals surface area contributed by atoms with Crippen LogP contribution in [0.4, 0.5) is 22.2 Å². The van der Waals surface area contributed by atoms with Gasteiger partial charge in [0, 0.05) is 38.9 Å². The second kappa shape index (κ2) is 10.0. The molecule has 0 aliphatic carbocycles. The van der Waals surface area contributed by atoms with Crippen molar-refractivity contribution < 1.29 is 9.59 Å². The number of primary amides is 1. The van der Waals surface area contributed by atoms with Gasteiger partial charge in [-0.15, -0.1) is 10.2 Å². The van der Waals surface area contributed by atoms with E-state index in [0.717, 1.165) is 64.1 Å². The Hall–Kier alpha value is -3.47. The largest absolute Gasteiger partial charge is 0.364 e. The highest BCUT2D eigenvalue weighted by Crippen LogP contribution is 2.28. The third-order valence-electron chi connectivity index (χ3n) is 7.26. The maximum absolute atomic E-state index is 12.5. The SMILES string of the molecule is CN1CCN(C2CCCN(c3nnc(C(N)=O)c(Nc4ccc(C5CCNCC5)cc4)n3)C2)C1=O. The zero-order valence-electron chi connectivity index (χ0n) is 20.1. The first-order chi connectivity index (χ1) is 17.0. The van der Waals surface area contributed by atoms with Crippen LogP contribution in [0.3, 0.4) is 0 Å². The number of piperidine rings is 2. The average molecular weight is 480 g/mol. The number of likely N-dealkylation sites (N-methyl/N-ethyl adjacent to an activating group) is 1. The normalized spacial score (nSPS) is 21.5.